The molecule has 0 spiro atoms. The van der Waals surface area contributed by atoms with E-state index >= 15 is 0 Å². The summed E-state index contributed by atoms with van der Waals surface area (Å²) in [5.41, 5.74) is 3.17. The van der Waals surface area contributed by atoms with Crippen LogP contribution in [-0.4, -0.2) is 78.0 Å². The van der Waals surface area contributed by atoms with Gasteiger partial charge in [0.2, 0.25) is 5.91 Å². The molecule has 0 unspecified atom stereocenters. The number of hydrogen-bond acceptors (Lipinski definition) is 8. The van der Waals surface area contributed by atoms with Crippen LogP contribution < -0.4 is 15.1 Å². The Bertz CT molecular complexity index is 1840. The number of fused-ring (bicyclic) bond motifs is 1. The summed E-state index contributed by atoms with van der Waals surface area (Å²) in [4.78, 5) is 51.2. The summed E-state index contributed by atoms with van der Waals surface area (Å²) >= 11 is 0. The van der Waals surface area contributed by atoms with Crippen molar-refractivity contribution in [2.24, 2.45) is 0 Å². The van der Waals surface area contributed by atoms with Crippen molar-refractivity contribution in [1.29, 1.82) is 0 Å². The Morgan fingerprint density at radius 3 is 2.28 bits per heavy atom. The molecule has 2 aromatic carbocycles. The van der Waals surface area contributed by atoms with Gasteiger partial charge in [-0.05, 0) is 69.3 Å². The number of ether oxygens (including phenoxy) is 1. The number of pyridine rings is 1. The highest BCUT2D eigenvalue weighted by Gasteiger charge is 2.43. The minimum absolute atomic E-state index is 0.0380. The van der Waals surface area contributed by atoms with Gasteiger partial charge in [0.15, 0.2) is 5.65 Å². The molecule has 1 N–H and O–H groups in total. The lowest BCUT2D eigenvalue weighted by Gasteiger charge is -2.34. The van der Waals surface area contributed by atoms with Gasteiger partial charge in [-0.25, -0.2) is 14.6 Å². The maximum atomic E-state index is 13.6. The number of likely N-dealkylation sites (N-methyl/N-ethyl adjacent to an activating group) is 1. The van der Waals surface area contributed by atoms with Crippen LogP contribution in [0.5, 0.6) is 0 Å². The molecular formula is C34H34F3N5O5. The lowest BCUT2D eigenvalue weighted by molar-refractivity contribution is -0.199. The fraction of sp³-hybridized carbons (Fsp3) is 0.294. The van der Waals surface area contributed by atoms with E-state index in [-0.39, 0.29) is 22.3 Å². The first-order chi connectivity index (χ1) is 22.3. The first kappa shape index (κ1) is 33.2. The van der Waals surface area contributed by atoms with Gasteiger partial charge in [0.1, 0.15) is 0 Å². The molecule has 1 aliphatic heterocycles. The number of nitrogens with zero attached hydrogens (tertiary/aromatic N) is 4. The van der Waals surface area contributed by atoms with E-state index in [1.807, 2.05) is 19.2 Å². The molecule has 2 aromatic heterocycles. The molecule has 1 amide bonds. The van der Waals surface area contributed by atoms with Crippen LogP contribution in [0.2, 0.25) is 0 Å². The summed E-state index contributed by atoms with van der Waals surface area (Å²) in [7, 11) is 2.05. The van der Waals surface area contributed by atoms with Crippen molar-refractivity contribution < 1.29 is 37.1 Å². The zero-order chi connectivity index (χ0) is 34.0. The Hall–Kier alpha value is -5.17. The molecule has 13 heteroatoms. The topological polar surface area (TPSA) is 106 Å². The van der Waals surface area contributed by atoms with E-state index in [0.717, 1.165) is 48.9 Å². The fourth-order valence-electron chi connectivity index (χ4n) is 5.30. The van der Waals surface area contributed by atoms with Crippen LogP contribution in [0.1, 0.15) is 29.8 Å². The van der Waals surface area contributed by atoms with E-state index in [9.17, 15) is 27.6 Å². The number of anilines is 2. The van der Waals surface area contributed by atoms with E-state index in [0.29, 0.717) is 27.9 Å². The van der Waals surface area contributed by atoms with Gasteiger partial charge in [-0.2, -0.15) is 17.9 Å². The molecular weight excluding hydrogens is 615 g/mol. The Morgan fingerprint density at radius 2 is 1.66 bits per heavy atom. The zero-order valence-corrected chi connectivity index (χ0v) is 26.4. The van der Waals surface area contributed by atoms with Gasteiger partial charge in [0, 0.05) is 60.3 Å². The third kappa shape index (κ3) is 7.14. The minimum Gasteiger partial charge on any atom is -0.459 e. The summed E-state index contributed by atoms with van der Waals surface area (Å²) in [5.74, 6) is -3.61. The summed E-state index contributed by atoms with van der Waals surface area (Å²) in [6.45, 7) is 12.0. The summed E-state index contributed by atoms with van der Waals surface area (Å²) in [6.07, 6.45) is -3.50. The lowest BCUT2D eigenvalue weighted by Crippen LogP contribution is -2.44. The van der Waals surface area contributed by atoms with Crippen LogP contribution in [0.3, 0.4) is 0 Å². The smallest absolute Gasteiger partial charge is 0.459 e. The zero-order valence-electron chi connectivity index (χ0n) is 26.4. The molecule has 0 bridgehead atoms. The van der Waals surface area contributed by atoms with E-state index in [1.54, 1.807) is 51.1 Å². The van der Waals surface area contributed by atoms with Gasteiger partial charge >= 0.3 is 18.1 Å². The van der Waals surface area contributed by atoms with Gasteiger partial charge in [0.25, 0.3) is 0 Å². The summed E-state index contributed by atoms with van der Waals surface area (Å²) in [6, 6.07) is 13.7. The summed E-state index contributed by atoms with van der Waals surface area (Å²) < 4.78 is 46.9. The molecule has 1 aliphatic rings. The normalized spacial score (nSPS) is 13.9. The number of alkyl halides is 3. The Balaban J connectivity index is 1.78. The minimum atomic E-state index is -5.31. The number of aryl methyl sites for hydroxylation is 1. The second-order valence-electron chi connectivity index (χ2n) is 11.5. The van der Waals surface area contributed by atoms with E-state index in [1.165, 1.54) is 6.07 Å². The number of halogens is 3. The third-order valence-corrected chi connectivity index (χ3v) is 7.73. The molecule has 5 rings (SSSR count). The SMILES string of the molecule is C=CC(=O)Nc1cc(-c2c(-c3ccc(N4CCN(C)CC4)cc3)n(OC(=O)C(F)(F)F)c3ncc(C(=O)OC(C)C)cc23)ccc1C. The molecule has 1 fully saturated rings. The van der Waals surface area contributed by atoms with Gasteiger partial charge in [-0.15, -0.1) is 0 Å². The van der Waals surface area contributed by atoms with Gasteiger partial charge < -0.3 is 24.7 Å². The maximum Gasteiger partial charge on any atom is 0.493 e. The molecule has 246 valence electrons. The number of aromatic nitrogens is 2. The van der Waals surface area contributed by atoms with E-state index in [2.05, 4.69) is 26.7 Å². The van der Waals surface area contributed by atoms with Crippen molar-refractivity contribution in [1.82, 2.24) is 14.6 Å². The predicted octanol–water partition coefficient (Wildman–Crippen LogP) is 5.64. The monoisotopic (exact) mass is 649 g/mol. The van der Waals surface area contributed by atoms with Crippen LogP contribution in [0, 0.1) is 6.92 Å². The number of carbonyl (C=O) groups excluding carboxylic acids is 3. The molecule has 0 atom stereocenters. The number of carbonyl (C=O) groups is 3. The second kappa shape index (κ2) is 13.3. The Labute approximate surface area is 269 Å². The number of rotatable bonds is 8. The van der Waals surface area contributed by atoms with Crippen molar-refractivity contribution in [2.75, 3.05) is 43.4 Å². The number of piperazine rings is 1. The van der Waals surface area contributed by atoms with E-state index < -0.39 is 30.1 Å². The number of benzene rings is 2. The maximum absolute atomic E-state index is 13.6. The number of esters is 1. The molecule has 4 aromatic rings. The Kier molecular flexibility index (Phi) is 9.38. The third-order valence-electron chi connectivity index (χ3n) is 7.73. The average molecular weight is 650 g/mol. The molecule has 0 radical (unpaired) electrons. The quantitative estimate of drug-likeness (QED) is 0.193. The molecule has 0 aliphatic carbocycles. The molecule has 3 heterocycles. The van der Waals surface area contributed by atoms with Crippen molar-refractivity contribution in [3.63, 3.8) is 0 Å². The van der Waals surface area contributed by atoms with Crippen molar-refractivity contribution in [3.05, 3.63) is 78.5 Å². The van der Waals surface area contributed by atoms with Crippen LogP contribution in [0.15, 0.2) is 67.4 Å². The fourth-order valence-corrected chi connectivity index (χ4v) is 5.30. The Morgan fingerprint density at radius 1 is 1.00 bits per heavy atom. The standard InChI is InChI=1S/C34H34F3N5O5/c1-6-28(43)39-27-18-23(8-7-21(27)4)29-26-17-24(32(44)46-20(2)3)19-38-31(26)42(47-33(45)34(35,36)37)30(29)22-9-11-25(12-10-22)41-15-13-40(5)14-16-41/h6-12,17-20H,1,13-16H2,2-5H3,(H,39,43). The molecule has 10 nitrogen and oxygen atoms in total. The highest BCUT2D eigenvalue weighted by Crippen LogP contribution is 2.42. The molecule has 0 saturated carbocycles. The van der Waals surface area contributed by atoms with Crippen LogP contribution in [0.25, 0.3) is 33.4 Å². The lowest BCUT2D eigenvalue weighted by atomic mass is 9.96. The van der Waals surface area contributed by atoms with Crippen molar-refractivity contribution in [3.8, 4) is 22.4 Å². The van der Waals surface area contributed by atoms with Gasteiger partial charge in [-0.1, -0.05) is 30.8 Å². The first-order valence-electron chi connectivity index (χ1n) is 14.9. The summed E-state index contributed by atoms with van der Waals surface area (Å²) in [5, 5.41) is 2.95. The van der Waals surface area contributed by atoms with Crippen molar-refractivity contribution in [2.45, 2.75) is 33.1 Å². The van der Waals surface area contributed by atoms with Crippen LogP contribution in [0.4, 0.5) is 24.5 Å². The average Bonchev–Trinajstić information content (AvgIpc) is 3.34. The number of amides is 1. The van der Waals surface area contributed by atoms with Crippen LogP contribution in [-0.2, 0) is 14.3 Å². The first-order valence-corrected chi connectivity index (χ1v) is 14.9. The molecule has 47 heavy (non-hydrogen) atoms. The molecule has 1 saturated heterocycles. The van der Waals surface area contributed by atoms with Crippen LogP contribution >= 0.6 is 0 Å². The number of nitrogens with one attached hydrogen (secondary N) is 1. The number of hydrogen-bond donors (Lipinski definition) is 1. The van der Waals surface area contributed by atoms with Gasteiger partial charge in [-0.3, -0.25) is 4.79 Å². The van der Waals surface area contributed by atoms with E-state index in [4.69, 9.17) is 9.57 Å². The van der Waals surface area contributed by atoms with Gasteiger partial charge in [0.05, 0.1) is 17.4 Å². The second-order valence-corrected chi connectivity index (χ2v) is 11.5. The largest absolute Gasteiger partial charge is 0.493 e. The predicted molar refractivity (Wildman–Crippen MR) is 172 cm³/mol. The highest BCUT2D eigenvalue weighted by molar-refractivity contribution is 6.07. The highest BCUT2D eigenvalue weighted by atomic mass is 19.4. The van der Waals surface area contributed by atoms with Crippen molar-refractivity contribution >= 4 is 40.3 Å².